The molecule has 3 N–H and O–H groups in total. The first-order chi connectivity index (χ1) is 6.91. The normalized spacial score (nSPS) is 13.2. The molecule has 1 atom stereocenters. The highest BCUT2D eigenvalue weighted by Crippen LogP contribution is 2.32. The Hall–Kier alpha value is -0.610. The zero-order valence-corrected chi connectivity index (χ0v) is 10.4. The lowest BCUT2D eigenvalue weighted by molar-refractivity contribution is 0.411. The third kappa shape index (κ3) is 3.18. The molecule has 1 rings (SSSR count). The Labute approximate surface area is 97.4 Å². The van der Waals surface area contributed by atoms with E-state index in [9.17, 15) is 9.50 Å². The predicted octanol–water partition coefficient (Wildman–Crippen LogP) is 3.34. The average Bonchev–Trinajstić information content (AvgIpc) is 2.09. The zero-order chi connectivity index (χ0) is 11.6. The van der Waals surface area contributed by atoms with E-state index in [0.717, 1.165) is 0 Å². The molecule has 0 fully saturated rings. The lowest BCUT2D eigenvalue weighted by Crippen LogP contribution is -2.13. The minimum absolute atomic E-state index is 0.336. The van der Waals surface area contributed by atoms with Gasteiger partial charge < -0.3 is 10.8 Å². The summed E-state index contributed by atoms with van der Waals surface area (Å²) >= 11 is 3.17. The van der Waals surface area contributed by atoms with Crippen LogP contribution in [0.5, 0.6) is 5.75 Å². The summed E-state index contributed by atoms with van der Waals surface area (Å²) in [4.78, 5) is 0. The second-order valence-corrected chi connectivity index (χ2v) is 4.98. The van der Waals surface area contributed by atoms with Crippen LogP contribution in [0.3, 0.4) is 0 Å². The highest BCUT2D eigenvalue weighted by Gasteiger charge is 2.16. The topological polar surface area (TPSA) is 46.2 Å². The van der Waals surface area contributed by atoms with Gasteiger partial charge in [-0.05, 0) is 24.5 Å². The van der Waals surface area contributed by atoms with Gasteiger partial charge >= 0.3 is 0 Å². The Kier molecular flexibility index (Phi) is 4.11. The van der Waals surface area contributed by atoms with Crippen LogP contribution in [-0.4, -0.2) is 5.11 Å². The molecule has 0 radical (unpaired) electrons. The van der Waals surface area contributed by atoms with Crippen molar-refractivity contribution >= 4 is 15.9 Å². The number of nitrogens with two attached hydrogens (primary N) is 1. The van der Waals surface area contributed by atoms with Gasteiger partial charge in [0.25, 0.3) is 0 Å². The van der Waals surface area contributed by atoms with Crippen LogP contribution < -0.4 is 5.73 Å². The number of rotatable bonds is 3. The van der Waals surface area contributed by atoms with Crippen LogP contribution in [0.4, 0.5) is 4.39 Å². The highest BCUT2D eigenvalue weighted by atomic mass is 79.9. The Morgan fingerprint density at radius 2 is 2.07 bits per heavy atom. The Balaban J connectivity index is 3.02. The van der Waals surface area contributed by atoms with Gasteiger partial charge in [0.1, 0.15) is 0 Å². The maximum Gasteiger partial charge on any atom is 0.166 e. The molecule has 2 nitrogen and oxygen atoms in total. The van der Waals surface area contributed by atoms with Crippen molar-refractivity contribution in [3.05, 3.63) is 28.0 Å². The largest absolute Gasteiger partial charge is 0.505 e. The lowest BCUT2D eigenvalue weighted by atomic mass is 9.97. The molecule has 0 saturated carbocycles. The smallest absolute Gasteiger partial charge is 0.166 e. The quantitative estimate of drug-likeness (QED) is 0.889. The molecule has 0 bridgehead atoms. The monoisotopic (exact) mass is 275 g/mol. The second-order valence-electron chi connectivity index (χ2n) is 4.06. The molecule has 1 unspecified atom stereocenters. The molecule has 0 heterocycles. The average molecular weight is 276 g/mol. The van der Waals surface area contributed by atoms with E-state index in [1.54, 1.807) is 6.07 Å². The summed E-state index contributed by atoms with van der Waals surface area (Å²) < 4.78 is 13.8. The van der Waals surface area contributed by atoms with Crippen molar-refractivity contribution in [1.29, 1.82) is 0 Å². The molecule has 1 aromatic rings. The van der Waals surface area contributed by atoms with Gasteiger partial charge in [0.15, 0.2) is 11.6 Å². The van der Waals surface area contributed by atoms with E-state index in [4.69, 9.17) is 5.73 Å². The molecular weight excluding hydrogens is 261 g/mol. The van der Waals surface area contributed by atoms with Gasteiger partial charge in [-0.15, -0.1) is 0 Å². The van der Waals surface area contributed by atoms with Crippen LogP contribution in [0, 0.1) is 11.7 Å². The number of phenols is 1. The van der Waals surface area contributed by atoms with E-state index in [2.05, 4.69) is 15.9 Å². The molecule has 15 heavy (non-hydrogen) atoms. The van der Waals surface area contributed by atoms with Crippen LogP contribution >= 0.6 is 15.9 Å². The lowest BCUT2D eigenvalue weighted by Gasteiger charge is -2.16. The van der Waals surface area contributed by atoms with Gasteiger partial charge in [-0.25, -0.2) is 4.39 Å². The summed E-state index contributed by atoms with van der Waals surface area (Å²) in [5, 5.41) is 9.53. The van der Waals surface area contributed by atoms with Crippen molar-refractivity contribution in [3.8, 4) is 5.75 Å². The van der Waals surface area contributed by atoms with E-state index >= 15 is 0 Å². The number of phenolic OH excluding ortho intramolecular Hbond substituents is 1. The number of benzene rings is 1. The van der Waals surface area contributed by atoms with Crippen LogP contribution in [0.25, 0.3) is 0 Å². The number of aromatic hydroxyl groups is 1. The van der Waals surface area contributed by atoms with Gasteiger partial charge in [-0.2, -0.15) is 0 Å². The van der Waals surface area contributed by atoms with Crippen LogP contribution in [-0.2, 0) is 0 Å². The zero-order valence-electron chi connectivity index (χ0n) is 8.80. The number of hydrogen-bond donors (Lipinski definition) is 2. The summed E-state index contributed by atoms with van der Waals surface area (Å²) in [5.74, 6) is -0.577. The predicted molar refractivity (Wildman–Crippen MR) is 62.1 cm³/mol. The van der Waals surface area contributed by atoms with Crippen molar-refractivity contribution in [2.75, 3.05) is 0 Å². The third-order valence-electron chi connectivity index (χ3n) is 2.18. The fourth-order valence-corrected chi connectivity index (χ4v) is 1.95. The first kappa shape index (κ1) is 12.5. The standard InChI is InChI=1S/C11H15BrFNO/c1-6(2)3-10(14)8-4-7(12)5-9(13)11(8)15/h4-6,10,15H,3,14H2,1-2H3. The van der Waals surface area contributed by atoms with E-state index in [1.165, 1.54) is 6.07 Å². The van der Waals surface area contributed by atoms with Crippen molar-refractivity contribution < 1.29 is 9.50 Å². The fourth-order valence-electron chi connectivity index (χ4n) is 1.50. The molecule has 0 spiro atoms. The summed E-state index contributed by atoms with van der Waals surface area (Å²) in [6.07, 6.45) is 0.712. The molecule has 0 amide bonds. The molecule has 1 aromatic carbocycles. The summed E-state index contributed by atoms with van der Waals surface area (Å²) in [6, 6.07) is 2.55. The molecule has 4 heteroatoms. The van der Waals surface area contributed by atoms with Gasteiger partial charge in [-0.1, -0.05) is 29.8 Å². The SMILES string of the molecule is CC(C)CC(N)c1cc(Br)cc(F)c1O. The molecule has 0 aliphatic carbocycles. The second kappa shape index (κ2) is 4.94. The maximum absolute atomic E-state index is 13.2. The van der Waals surface area contributed by atoms with Crippen LogP contribution in [0.1, 0.15) is 31.9 Å². The van der Waals surface area contributed by atoms with Crippen molar-refractivity contribution in [2.45, 2.75) is 26.3 Å². The number of halogens is 2. The molecule has 0 aliphatic heterocycles. The Bertz CT molecular complexity index is 355. The van der Waals surface area contributed by atoms with Crippen molar-refractivity contribution in [2.24, 2.45) is 11.7 Å². The summed E-state index contributed by atoms with van der Waals surface area (Å²) in [7, 11) is 0. The van der Waals surface area contributed by atoms with E-state index in [1.807, 2.05) is 13.8 Å². The summed E-state index contributed by atoms with van der Waals surface area (Å²) in [5.41, 5.74) is 6.34. The van der Waals surface area contributed by atoms with E-state index in [0.29, 0.717) is 22.4 Å². The van der Waals surface area contributed by atoms with Gasteiger partial charge in [0.2, 0.25) is 0 Å². The van der Waals surface area contributed by atoms with Gasteiger partial charge in [-0.3, -0.25) is 0 Å². The fraction of sp³-hybridized carbons (Fsp3) is 0.455. The molecule has 84 valence electrons. The molecule has 0 saturated heterocycles. The minimum atomic E-state index is -0.640. The van der Waals surface area contributed by atoms with Crippen LogP contribution in [0.2, 0.25) is 0 Å². The summed E-state index contributed by atoms with van der Waals surface area (Å²) in [6.45, 7) is 4.07. The number of hydrogen-bond acceptors (Lipinski definition) is 2. The van der Waals surface area contributed by atoms with Gasteiger partial charge in [0, 0.05) is 16.1 Å². The minimum Gasteiger partial charge on any atom is -0.505 e. The van der Waals surface area contributed by atoms with E-state index in [-0.39, 0.29) is 11.8 Å². The molecule has 0 aromatic heterocycles. The third-order valence-corrected chi connectivity index (χ3v) is 2.64. The van der Waals surface area contributed by atoms with E-state index < -0.39 is 5.82 Å². The first-order valence-corrected chi connectivity index (χ1v) is 5.64. The highest BCUT2D eigenvalue weighted by molar-refractivity contribution is 9.10. The molecular formula is C11H15BrFNO. The van der Waals surface area contributed by atoms with Crippen molar-refractivity contribution in [1.82, 2.24) is 0 Å². The van der Waals surface area contributed by atoms with Crippen molar-refractivity contribution in [3.63, 3.8) is 0 Å². The maximum atomic E-state index is 13.2. The Morgan fingerprint density at radius 1 is 1.47 bits per heavy atom. The van der Waals surface area contributed by atoms with Crippen LogP contribution in [0.15, 0.2) is 16.6 Å². The molecule has 0 aliphatic rings. The first-order valence-electron chi connectivity index (χ1n) is 4.85. The van der Waals surface area contributed by atoms with Gasteiger partial charge in [0.05, 0.1) is 0 Å². The Morgan fingerprint density at radius 3 is 2.60 bits per heavy atom.